The molecule has 0 heterocycles. The largest absolute Gasteiger partial charge is 0.399 e. The fourth-order valence-electron chi connectivity index (χ4n) is 1.20. The van der Waals surface area contributed by atoms with Crippen LogP contribution in [0.2, 0.25) is 0 Å². The molecule has 5 nitrogen and oxygen atoms in total. The smallest absolute Gasteiger partial charge is 0.0858 e. The van der Waals surface area contributed by atoms with Gasteiger partial charge in [0.15, 0.2) is 0 Å². The zero-order valence-electron chi connectivity index (χ0n) is 10.8. The lowest BCUT2D eigenvalue weighted by atomic mass is 10.3. The molecule has 0 spiro atoms. The van der Waals surface area contributed by atoms with Crippen molar-refractivity contribution in [3.63, 3.8) is 0 Å². The van der Waals surface area contributed by atoms with Gasteiger partial charge in [-0.05, 0) is 55.5 Å². The molecular weight excluding hydrogens is 240 g/mol. The van der Waals surface area contributed by atoms with Gasteiger partial charge in [0, 0.05) is 18.0 Å². The van der Waals surface area contributed by atoms with E-state index < -0.39 is 0 Å². The molecule has 2 rings (SSSR count). The number of nitrogens with two attached hydrogens (primary N) is 2. The normalized spacial score (nSPS) is 10.0. The van der Waals surface area contributed by atoms with E-state index in [2.05, 4.69) is 10.2 Å². The highest BCUT2D eigenvalue weighted by molar-refractivity contribution is 5.49. The molecule has 0 aromatic heterocycles. The minimum Gasteiger partial charge on any atom is -0.399 e. The van der Waals surface area contributed by atoms with Crippen molar-refractivity contribution in [1.82, 2.24) is 0 Å². The first-order chi connectivity index (χ1) is 9.15. The fraction of sp³-hybridized carbons (Fsp3) is 0.143. The predicted molar refractivity (Wildman–Crippen MR) is 78.6 cm³/mol. The first-order valence-corrected chi connectivity index (χ1v) is 5.89. The first kappa shape index (κ1) is 14.7. The van der Waals surface area contributed by atoms with Crippen LogP contribution in [0, 0.1) is 0 Å². The number of hydrogen-bond acceptors (Lipinski definition) is 5. The van der Waals surface area contributed by atoms with Crippen LogP contribution in [-0.2, 0) is 0 Å². The van der Waals surface area contributed by atoms with E-state index in [1.165, 1.54) is 0 Å². The van der Waals surface area contributed by atoms with Crippen LogP contribution in [0.1, 0.15) is 6.92 Å². The SMILES string of the molecule is CCO.Nc1ccc(N=Nc2ccc(N)cc2)cc1. The van der Waals surface area contributed by atoms with Gasteiger partial charge in [-0.25, -0.2) is 0 Å². The molecule has 2 aromatic rings. The van der Waals surface area contributed by atoms with E-state index >= 15 is 0 Å². The van der Waals surface area contributed by atoms with Gasteiger partial charge in [0.05, 0.1) is 11.4 Å². The summed E-state index contributed by atoms with van der Waals surface area (Å²) in [6, 6.07) is 14.4. The lowest BCUT2D eigenvalue weighted by molar-refractivity contribution is 0.318. The lowest BCUT2D eigenvalue weighted by Gasteiger charge is -1.95. The molecule has 0 saturated heterocycles. The van der Waals surface area contributed by atoms with E-state index in [-0.39, 0.29) is 6.61 Å². The van der Waals surface area contributed by atoms with Crippen LogP contribution in [-0.4, -0.2) is 11.7 Å². The molecule has 5 heteroatoms. The second-order valence-electron chi connectivity index (χ2n) is 3.70. The highest BCUT2D eigenvalue weighted by atomic mass is 16.2. The minimum atomic E-state index is 0.250. The average molecular weight is 258 g/mol. The van der Waals surface area contributed by atoms with Crippen LogP contribution in [0.4, 0.5) is 22.7 Å². The van der Waals surface area contributed by atoms with E-state index in [1.807, 2.05) is 24.3 Å². The van der Waals surface area contributed by atoms with Crippen molar-refractivity contribution in [3.05, 3.63) is 48.5 Å². The number of aliphatic hydroxyl groups is 1. The third-order valence-electron chi connectivity index (χ3n) is 2.07. The van der Waals surface area contributed by atoms with E-state index in [9.17, 15) is 0 Å². The van der Waals surface area contributed by atoms with E-state index in [4.69, 9.17) is 16.6 Å². The molecule has 19 heavy (non-hydrogen) atoms. The summed E-state index contributed by atoms with van der Waals surface area (Å²) in [5.74, 6) is 0. The molecule has 0 bridgehead atoms. The van der Waals surface area contributed by atoms with Crippen molar-refractivity contribution in [2.24, 2.45) is 10.2 Å². The second kappa shape index (κ2) is 7.84. The quantitative estimate of drug-likeness (QED) is 0.569. The van der Waals surface area contributed by atoms with Gasteiger partial charge in [-0.2, -0.15) is 10.2 Å². The maximum absolute atomic E-state index is 7.57. The number of benzene rings is 2. The van der Waals surface area contributed by atoms with Crippen molar-refractivity contribution in [1.29, 1.82) is 0 Å². The Morgan fingerprint density at radius 3 is 1.32 bits per heavy atom. The van der Waals surface area contributed by atoms with Gasteiger partial charge in [0.1, 0.15) is 0 Å². The first-order valence-electron chi connectivity index (χ1n) is 5.89. The van der Waals surface area contributed by atoms with Gasteiger partial charge in [0.2, 0.25) is 0 Å². The zero-order valence-corrected chi connectivity index (χ0v) is 10.8. The summed E-state index contributed by atoms with van der Waals surface area (Å²) in [6.45, 7) is 1.93. The molecule has 0 aliphatic heterocycles. The highest BCUT2D eigenvalue weighted by Gasteiger charge is 1.91. The molecule has 0 fully saturated rings. The monoisotopic (exact) mass is 258 g/mol. The number of nitrogens with zero attached hydrogens (tertiary/aromatic N) is 2. The molecule has 0 saturated carbocycles. The average Bonchev–Trinajstić information content (AvgIpc) is 2.41. The molecule has 0 amide bonds. The zero-order chi connectivity index (χ0) is 14.1. The maximum atomic E-state index is 7.57. The number of aliphatic hydroxyl groups excluding tert-OH is 1. The number of hydrogen-bond donors (Lipinski definition) is 3. The minimum absolute atomic E-state index is 0.250. The van der Waals surface area contributed by atoms with Crippen LogP contribution < -0.4 is 11.5 Å². The van der Waals surface area contributed by atoms with Crippen molar-refractivity contribution in [2.75, 3.05) is 18.1 Å². The molecule has 0 radical (unpaired) electrons. The molecule has 0 aliphatic rings. The van der Waals surface area contributed by atoms with Crippen molar-refractivity contribution < 1.29 is 5.11 Å². The summed E-state index contributed by atoms with van der Waals surface area (Å²) < 4.78 is 0. The Bertz CT molecular complexity index is 458. The maximum Gasteiger partial charge on any atom is 0.0858 e. The summed E-state index contributed by atoms with van der Waals surface area (Å²) in [4.78, 5) is 0. The topological polar surface area (TPSA) is 97.0 Å². The van der Waals surface area contributed by atoms with Gasteiger partial charge < -0.3 is 16.6 Å². The van der Waals surface area contributed by atoms with E-state index in [0.29, 0.717) is 11.4 Å². The Kier molecular flexibility index (Phi) is 6.05. The number of azo groups is 1. The standard InChI is InChI=1S/C12H12N4.C2H6O/c13-9-1-5-11(6-2-9)15-16-12-7-3-10(14)4-8-12;1-2-3/h1-8H,13-14H2;3H,2H2,1H3. The molecule has 100 valence electrons. The third-order valence-corrected chi connectivity index (χ3v) is 2.07. The van der Waals surface area contributed by atoms with Gasteiger partial charge in [0.25, 0.3) is 0 Å². The Morgan fingerprint density at radius 2 is 1.05 bits per heavy atom. The lowest BCUT2D eigenvalue weighted by Crippen LogP contribution is -1.81. The van der Waals surface area contributed by atoms with Crippen LogP contribution >= 0.6 is 0 Å². The summed E-state index contributed by atoms with van der Waals surface area (Å²) >= 11 is 0. The van der Waals surface area contributed by atoms with Crippen LogP contribution in [0.15, 0.2) is 58.8 Å². The van der Waals surface area contributed by atoms with Crippen molar-refractivity contribution >= 4 is 22.7 Å². The highest BCUT2D eigenvalue weighted by Crippen LogP contribution is 2.19. The van der Waals surface area contributed by atoms with E-state index in [1.54, 1.807) is 31.2 Å². The van der Waals surface area contributed by atoms with Gasteiger partial charge >= 0.3 is 0 Å². The summed E-state index contributed by atoms with van der Waals surface area (Å²) in [5.41, 5.74) is 14.1. The Morgan fingerprint density at radius 1 is 0.789 bits per heavy atom. The molecule has 0 unspecified atom stereocenters. The molecular formula is C14H18N4O. The van der Waals surface area contributed by atoms with Gasteiger partial charge in [-0.15, -0.1) is 0 Å². The second-order valence-corrected chi connectivity index (χ2v) is 3.70. The van der Waals surface area contributed by atoms with Gasteiger partial charge in [-0.1, -0.05) is 0 Å². The van der Waals surface area contributed by atoms with E-state index in [0.717, 1.165) is 11.4 Å². The summed E-state index contributed by atoms with van der Waals surface area (Å²) in [6.07, 6.45) is 0. The molecule has 2 aromatic carbocycles. The van der Waals surface area contributed by atoms with Crippen LogP contribution in [0.25, 0.3) is 0 Å². The molecule has 0 atom stereocenters. The number of nitrogen functional groups attached to an aromatic ring is 2. The Balaban J connectivity index is 0.000000550. The van der Waals surface area contributed by atoms with Gasteiger partial charge in [-0.3, -0.25) is 0 Å². The summed E-state index contributed by atoms with van der Waals surface area (Å²) in [7, 11) is 0. The van der Waals surface area contributed by atoms with Crippen molar-refractivity contribution in [3.8, 4) is 0 Å². The Labute approximate surface area is 112 Å². The van der Waals surface area contributed by atoms with Crippen LogP contribution in [0.3, 0.4) is 0 Å². The van der Waals surface area contributed by atoms with Crippen molar-refractivity contribution in [2.45, 2.75) is 6.92 Å². The Hall–Kier alpha value is -2.40. The third kappa shape index (κ3) is 5.65. The predicted octanol–water partition coefficient (Wildman–Crippen LogP) is 3.27. The number of rotatable bonds is 2. The molecule has 5 N–H and O–H groups in total. The fourth-order valence-corrected chi connectivity index (χ4v) is 1.20. The molecule has 0 aliphatic carbocycles. The van der Waals surface area contributed by atoms with Crippen LogP contribution in [0.5, 0.6) is 0 Å². The summed E-state index contributed by atoms with van der Waals surface area (Å²) in [5, 5.41) is 15.7. The number of anilines is 2.